The molecule has 2 N–H and O–H groups in total. The van der Waals surface area contributed by atoms with Gasteiger partial charge in [-0.3, -0.25) is 0 Å². The van der Waals surface area contributed by atoms with Gasteiger partial charge in [0.2, 0.25) is 0 Å². The number of nitrogens with zero attached hydrogens (tertiary/aromatic N) is 2. The van der Waals surface area contributed by atoms with Crippen LogP contribution in [0.25, 0.3) is 11.0 Å². The summed E-state index contributed by atoms with van der Waals surface area (Å²) in [5, 5.41) is 13.1. The van der Waals surface area contributed by atoms with Crippen molar-refractivity contribution in [1.82, 2.24) is 14.9 Å². The lowest BCUT2D eigenvalue weighted by atomic mass is 10.0. The molecule has 0 amide bonds. The maximum atomic E-state index is 8.99. The molecule has 1 aromatic carbocycles. The Morgan fingerprint density at radius 1 is 1.45 bits per heavy atom. The molecule has 2 aromatic rings. The van der Waals surface area contributed by atoms with Crippen molar-refractivity contribution in [3.8, 4) is 0 Å². The molecule has 2 rings (SSSR count). The summed E-state index contributed by atoms with van der Waals surface area (Å²) in [4.78, 5) is 4.61. The predicted octanol–water partition coefficient (Wildman–Crippen LogP) is 2.72. The van der Waals surface area contributed by atoms with Crippen molar-refractivity contribution in [3.05, 3.63) is 29.0 Å². The summed E-state index contributed by atoms with van der Waals surface area (Å²) in [6, 6.07) is 5.77. The second kappa shape index (κ2) is 7.07. The van der Waals surface area contributed by atoms with Crippen LogP contribution in [0.4, 0.5) is 0 Å². The maximum Gasteiger partial charge on any atom is 0.123 e. The number of imidazole rings is 1. The van der Waals surface area contributed by atoms with E-state index in [1.165, 1.54) is 0 Å². The van der Waals surface area contributed by atoms with E-state index >= 15 is 0 Å². The van der Waals surface area contributed by atoms with E-state index in [1.54, 1.807) is 0 Å². The van der Waals surface area contributed by atoms with E-state index < -0.39 is 0 Å². The van der Waals surface area contributed by atoms with Crippen molar-refractivity contribution in [2.24, 2.45) is 13.0 Å². The van der Waals surface area contributed by atoms with Crippen molar-refractivity contribution in [3.63, 3.8) is 0 Å². The average Bonchev–Trinajstić information content (AvgIpc) is 2.74. The fourth-order valence-electron chi connectivity index (χ4n) is 2.40. The molecule has 1 unspecified atom stereocenters. The first-order valence-electron chi connectivity index (χ1n) is 7.08. The molecule has 0 saturated carbocycles. The Balaban J connectivity index is 2.01. The van der Waals surface area contributed by atoms with Crippen molar-refractivity contribution in [1.29, 1.82) is 0 Å². The van der Waals surface area contributed by atoms with Gasteiger partial charge in [0.1, 0.15) is 5.82 Å². The third-order valence-electron chi connectivity index (χ3n) is 3.77. The highest BCUT2D eigenvalue weighted by molar-refractivity contribution is 6.31. The summed E-state index contributed by atoms with van der Waals surface area (Å²) in [5.41, 5.74) is 2.02. The summed E-state index contributed by atoms with van der Waals surface area (Å²) in [6.07, 6.45) is 1.92. The zero-order valence-corrected chi connectivity index (χ0v) is 12.8. The van der Waals surface area contributed by atoms with Gasteiger partial charge < -0.3 is 15.0 Å². The minimum absolute atomic E-state index is 0.255. The highest BCUT2D eigenvalue weighted by Crippen LogP contribution is 2.19. The fraction of sp³-hybridized carbons (Fsp3) is 0.533. The molecule has 0 fully saturated rings. The number of hydrogen-bond donors (Lipinski definition) is 2. The first-order chi connectivity index (χ1) is 9.65. The van der Waals surface area contributed by atoms with Crippen LogP contribution in [-0.2, 0) is 13.6 Å². The zero-order valence-electron chi connectivity index (χ0n) is 12.1. The Morgan fingerprint density at radius 3 is 2.95 bits per heavy atom. The number of aryl methyl sites for hydroxylation is 1. The number of hydrogen-bond acceptors (Lipinski definition) is 3. The third-order valence-corrected chi connectivity index (χ3v) is 4.00. The number of halogens is 1. The predicted molar refractivity (Wildman–Crippen MR) is 82.9 cm³/mol. The Hall–Kier alpha value is -1.10. The lowest BCUT2D eigenvalue weighted by molar-refractivity contribution is 0.251. The van der Waals surface area contributed by atoms with Crippen LogP contribution in [0.2, 0.25) is 5.02 Å². The number of aliphatic hydroxyl groups is 1. The normalized spacial score (nSPS) is 13.0. The van der Waals surface area contributed by atoms with Gasteiger partial charge in [-0.05, 0) is 37.1 Å². The molecular formula is C15H22ClN3O. The van der Waals surface area contributed by atoms with E-state index in [1.807, 2.05) is 25.2 Å². The van der Waals surface area contributed by atoms with Gasteiger partial charge in [-0.15, -0.1) is 0 Å². The number of rotatable bonds is 7. The summed E-state index contributed by atoms with van der Waals surface area (Å²) in [6.45, 7) is 4.04. The second-order valence-electron chi connectivity index (χ2n) is 5.14. The number of aromatic nitrogens is 2. The van der Waals surface area contributed by atoms with Crippen molar-refractivity contribution in [2.75, 3.05) is 13.2 Å². The third kappa shape index (κ3) is 3.51. The Morgan fingerprint density at radius 2 is 2.25 bits per heavy atom. The van der Waals surface area contributed by atoms with Gasteiger partial charge in [0, 0.05) is 18.7 Å². The van der Waals surface area contributed by atoms with E-state index in [0.717, 1.165) is 42.8 Å². The van der Waals surface area contributed by atoms with Crippen molar-refractivity contribution >= 4 is 22.6 Å². The Labute approximate surface area is 124 Å². The van der Waals surface area contributed by atoms with E-state index in [4.69, 9.17) is 16.7 Å². The SMILES string of the molecule is CCC(CCO)CNCc1nc2cc(Cl)ccc2n1C. The smallest absolute Gasteiger partial charge is 0.123 e. The van der Waals surface area contributed by atoms with Gasteiger partial charge in [0.25, 0.3) is 0 Å². The van der Waals surface area contributed by atoms with E-state index in [2.05, 4.69) is 21.8 Å². The van der Waals surface area contributed by atoms with Gasteiger partial charge in [0.05, 0.1) is 17.6 Å². The average molecular weight is 296 g/mol. The Bertz CT molecular complexity index is 567. The van der Waals surface area contributed by atoms with Crippen LogP contribution in [0.1, 0.15) is 25.6 Å². The minimum atomic E-state index is 0.255. The van der Waals surface area contributed by atoms with Gasteiger partial charge in [-0.1, -0.05) is 24.9 Å². The fourth-order valence-corrected chi connectivity index (χ4v) is 2.57. The van der Waals surface area contributed by atoms with Crippen LogP contribution in [0.3, 0.4) is 0 Å². The number of fused-ring (bicyclic) bond motifs is 1. The first kappa shape index (κ1) is 15.3. The molecule has 1 atom stereocenters. The quantitative estimate of drug-likeness (QED) is 0.826. The van der Waals surface area contributed by atoms with Gasteiger partial charge in [-0.25, -0.2) is 4.98 Å². The van der Waals surface area contributed by atoms with E-state index in [0.29, 0.717) is 10.9 Å². The van der Waals surface area contributed by atoms with Gasteiger partial charge in [0.15, 0.2) is 0 Å². The van der Waals surface area contributed by atoms with E-state index in [9.17, 15) is 0 Å². The van der Waals surface area contributed by atoms with Crippen LogP contribution in [0, 0.1) is 5.92 Å². The second-order valence-corrected chi connectivity index (χ2v) is 5.57. The standard InChI is InChI=1S/C15H22ClN3O/c1-3-11(6-7-20)9-17-10-15-18-13-8-12(16)4-5-14(13)19(15)2/h4-5,8,11,17,20H,3,6-7,9-10H2,1-2H3. The largest absolute Gasteiger partial charge is 0.396 e. The molecule has 1 aromatic heterocycles. The molecule has 110 valence electrons. The molecule has 0 spiro atoms. The topological polar surface area (TPSA) is 50.1 Å². The lowest BCUT2D eigenvalue weighted by Gasteiger charge is -2.14. The first-order valence-corrected chi connectivity index (χ1v) is 7.46. The summed E-state index contributed by atoms with van der Waals surface area (Å²) in [5.74, 6) is 1.52. The highest BCUT2D eigenvalue weighted by Gasteiger charge is 2.09. The monoisotopic (exact) mass is 295 g/mol. The van der Waals surface area contributed by atoms with Crippen LogP contribution < -0.4 is 5.32 Å². The highest BCUT2D eigenvalue weighted by atomic mass is 35.5. The van der Waals surface area contributed by atoms with Crippen molar-refractivity contribution in [2.45, 2.75) is 26.3 Å². The van der Waals surface area contributed by atoms with Gasteiger partial charge in [-0.2, -0.15) is 0 Å². The molecule has 4 nitrogen and oxygen atoms in total. The molecule has 20 heavy (non-hydrogen) atoms. The number of benzene rings is 1. The lowest BCUT2D eigenvalue weighted by Crippen LogP contribution is -2.24. The summed E-state index contributed by atoms with van der Waals surface area (Å²) in [7, 11) is 2.02. The van der Waals surface area contributed by atoms with Crippen LogP contribution in [0.5, 0.6) is 0 Å². The van der Waals surface area contributed by atoms with Crippen LogP contribution in [0.15, 0.2) is 18.2 Å². The van der Waals surface area contributed by atoms with Crippen LogP contribution in [-0.4, -0.2) is 27.8 Å². The molecule has 1 heterocycles. The Kier molecular flexibility index (Phi) is 5.40. The molecule has 0 radical (unpaired) electrons. The zero-order chi connectivity index (χ0) is 14.5. The molecule has 0 aliphatic rings. The van der Waals surface area contributed by atoms with Gasteiger partial charge >= 0.3 is 0 Å². The number of aliphatic hydroxyl groups excluding tert-OH is 1. The van der Waals surface area contributed by atoms with E-state index in [-0.39, 0.29) is 6.61 Å². The molecule has 0 aliphatic heterocycles. The molecule has 0 bridgehead atoms. The maximum absolute atomic E-state index is 8.99. The summed E-state index contributed by atoms with van der Waals surface area (Å²) < 4.78 is 2.09. The molecule has 0 saturated heterocycles. The molecule has 0 aliphatic carbocycles. The minimum Gasteiger partial charge on any atom is -0.396 e. The number of nitrogens with one attached hydrogen (secondary N) is 1. The summed E-state index contributed by atoms with van der Waals surface area (Å²) >= 11 is 5.99. The van der Waals surface area contributed by atoms with Crippen LogP contribution >= 0.6 is 11.6 Å². The van der Waals surface area contributed by atoms with Crippen molar-refractivity contribution < 1.29 is 5.11 Å². The molecular weight excluding hydrogens is 274 g/mol. The molecule has 5 heteroatoms.